The fourth-order valence-corrected chi connectivity index (χ4v) is 3.45. The van der Waals surface area contributed by atoms with E-state index in [1.54, 1.807) is 12.1 Å². The summed E-state index contributed by atoms with van der Waals surface area (Å²) in [6.07, 6.45) is -4.48. The number of aromatic nitrogens is 2. The highest BCUT2D eigenvalue weighted by Gasteiger charge is 2.30. The molecule has 3 aromatic rings. The van der Waals surface area contributed by atoms with Gasteiger partial charge in [-0.25, -0.2) is 13.6 Å². The average molecular weight is 457 g/mol. The number of carbonyl (C=O) groups is 1. The second-order valence-electron chi connectivity index (χ2n) is 5.98. The third-order valence-corrected chi connectivity index (χ3v) is 5.54. The van der Waals surface area contributed by atoms with Gasteiger partial charge in [-0.15, -0.1) is 10.2 Å². The summed E-state index contributed by atoms with van der Waals surface area (Å²) < 4.78 is 60.2. The lowest BCUT2D eigenvalue weighted by Gasteiger charge is -2.07. The molecule has 0 radical (unpaired) electrons. The van der Waals surface area contributed by atoms with E-state index in [0.717, 1.165) is 41.2 Å². The zero-order valence-electron chi connectivity index (χ0n) is 15.0. The van der Waals surface area contributed by atoms with Gasteiger partial charge in [-0.1, -0.05) is 23.5 Å². The molecule has 1 heterocycles. The minimum atomic E-state index is -4.48. The van der Waals surface area contributed by atoms with Gasteiger partial charge in [0, 0.05) is 12.1 Å². The molecule has 2 aromatic carbocycles. The Morgan fingerprint density at radius 1 is 1.00 bits per heavy atom. The summed E-state index contributed by atoms with van der Waals surface area (Å²) in [5.41, 5.74) is -0.0471. The first-order valence-corrected chi connectivity index (χ1v) is 10.6. The molecule has 0 bridgehead atoms. The Balaban J connectivity index is 1.58. The van der Waals surface area contributed by atoms with Crippen molar-refractivity contribution in [2.75, 3.05) is 10.6 Å². The SMILES string of the molecule is NS(=O)(=O)c1ccc(CNc2nnc(NC(=O)c3ccc(C(F)(F)F)cc3)s2)cc1. The van der Waals surface area contributed by atoms with Crippen LogP contribution in [-0.2, 0) is 22.7 Å². The number of anilines is 2. The molecule has 0 aliphatic heterocycles. The zero-order chi connectivity index (χ0) is 21.9. The Labute approximate surface area is 173 Å². The van der Waals surface area contributed by atoms with Gasteiger partial charge in [0.2, 0.25) is 20.3 Å². The van der Waals surface area contributed by atoms with Crippen LogP contribution >= 0.6 is 11.3 Å². The number of carbonyl (C=O) groups excluding carboxylic acids is 1. The summed E-state index contributed by atoms with van der Waals surface area (Å²) in [7, 11) is -3.76. The van der Waals surface area contributed by atoms with Crippen molar-refractivity contribution in [3.8, 4) is 0 Å². The number of benzene rings is 2. The number of halogens is 3. The van der Waals surface area contributed by atoms with Gasteiger partial charge in [0.05, 0.1) is 10.5 Å². The number of hydrogen-bond donors (Lipinski definition) is 3. The van der Waals surface area contributed by atoms with Gasteiger partial charge in [0.15, 0.2) is 0 Å². The van der Waals surface area contributed by atoms with Gasteiger partial charge in [0.25, 0.3) is 5.91 Å². The van der Waals surface area contributed by atoms with E-state index in [-0.39, 0.29) is 15.6 Å². The van der Waals surface area contributed by atoms with Crippen LogP contribution in [0.25, 0.3) is 0 Å². The van der Waals surface area contributed by atoms with Crippen LogP contribution in [-0.4, -0.2) is 24.5 Å². The lowest BCUT2D eigenvalue weighted by atomic mass is 10.1. The van der Waals surface area contributed by atoms with E-state index < -0.39 is 27.7 Å². The summed E-state index contributed by atoms with van der Waals surface area (Å²) in [5.74, 6) is -0.620. The Kier molecular flexibility index (Phi) is 6.05. The summed E-state index contributed by atoms with van der Waals surface area (Å²) in [5, 5.41) is 18.7. The normalized spacial score (nSPS) is 11.9. The number of sulfonamides is 1. The largest absolute Gasteiger partial charge is 0.416 e. The fourth-order valence-electron chi connectivity index (χ4n) is 2.30. The number of nitrogens with one attached hydrogen (secondary N) is 2. The van der Waals surface area contributed by atoms with Gasteiger partial charge in [-0.05, 0) is 42.0 Å². The number of nitrogens with two attached hydrogens (primary N) is 1. The van der Waals surface area contributed by atoms with Gasteiger partial charge >= 0.3 is 6.18 Å². The first-order valence-electron chi connectivity index (χ1n) is 8.20. The molecule has 4 N–H and O–H groups in total. The van der Waals surface area contributed by atoms with Crippen molar-refractivity contribution in [3.63, 3.8) is 0 Å². The van der Waals surface area contributed by atoms with Crippen LogP contribution in [0.1, 0.15) is 21.5 Å². The van der Waals surface area contributed by atoms with Crippen LogP contribution in [0, 0.1) is 0 Å². The topological polar surface area (TPSA) is 127 Å². The van der Waals surface area contributed by atoms with Crippen molar-refractivity contribution < 1.29 is 26.4 Å². The Morgan fingerprint density at radius 3 is 2.17 bits per heavy atom. The van der Waals surface area contributed by atoms with E-state index in [0.29, 0.717) is 11.7 Å². The minimum Gasteiger partial charge on any atom is -0.356 e. The molecule has 30 heavy (non-hydrogen) atoms. The molecular weight excluding hydrogens is 443 g/mol. The molecule has 1 amide bonds. The monoisotopic (exact) mass is 457 g/mol. The highest BCUT2D eigenvalue weighted by molar-refractivity contribution is 7.89. The number of hydrogen-bond acceptors (Lipinski definition) is 7. The maximum Gasteiger partial charge on any atom is 0.416 e. The molecule has 0 spiro atoms. The van der Waals surface area contributed by atoms with Crippen molar-refractivity contribution in [1.82, 2.24) is 10.2 Å². The lowest BCUT2D eigenvalue weighted by molar-refractivity contribution is -0.137. The van der Waals surface area contributed by atoms with Crippen LogP contribution in [0.15, 0.2) is 53.4 Å². The van der Waals surface area contributed by atoms with E-state index in [1.807, 2.05) is 0 Å². The van der Waals surface area contributed by atoms with E-state index in [9.17, 15) is 26.4 Å². The second kappa shape index (κ2) is 8.38. The predicted octanol–water partition coefficient (Wildman–Crippen LogP) is 3.07. The lowest BCUT2D eigenvalue weighted by Crippen LogP contribution is -2.12. The number of primary sulfonamides is 1. The third-order valence-electron chi connectivity index (χ3n) is 3.82. The predicted molar refractivity (Wildman–Crippen MR) is 104 cm³/mol. The van der Waals surface area contributed by atoms with Crippen LogP contribution in [0.2, 0.25) is 0 Å². The molecule has 0 atom stereocenters. The number of alkyl halides is 3. The van der Waals surface area contributed by atoms with Crippen LogP contribution < -0.4 is 15.8 Å². The number of rotatable bonds is 6. The van der Waals surface area contributed by atoms with Crippen LogP contribution in [0.4, 0.5) is 23.4 Å². The molecule has 0 fully saturated rings. The van der Waals surface area contributed by atoms with Crippen molar-refractivity contribution in [2.24, 2.45) is 5.14 Å². The van der Waals surface area contributed by atoms with Gasteiger partial charge in [-0.3, -0.25) is 10.1 Å². The van der Waals surface area contributed by atoms with Crippen molar-refractivity contribution >= 4 is 37.5 Å². The summed E-state index contributed by atoms with van der Waals surface area (Å²) in [4.78, 5) is 12.1. The van der Waals surface area contributed by atoms with E-state index >= 15 is 0 Å². The van der Waals surface area contributed by atoms with E-state index in [2.05, 4.69) is 20.8 Å². The molecule has 0 saturated heterocycles. The minimum absolute atomic E-state index is 0.00423. The molecule has 158 valence electrons. The highest BCUT2D eigenvalue weighted by atomic mass is 32.2. The Morgan fingerprint density at radius 2 is 1.60 bits per heavy atom. The second-order valence-corrected chi connectivity index (χ2v) is 8.52. The molecule has 13 heteroatoms. The Bertz CT molecular complexity index is 1140. The van der Waals surface area contributed by atoms with Crippen molar-refractivity contribution in [1.29, 1.82) is 0 Å². The summed E-state index contributed by atoms with van der Waals surface area (Å²) in [6.45, 7) is 0.312. The van der Waals surface area contributed by atoms with Gasteiger partial charge in [-0.2, -0.15) is 13.2 Å². The molecular formula is C17H14F3N5O3S2. The molecule has 0 aliphatic rings. The first kappa shape index (κ1) is 21.7. The Hall–Kier alpha value is -3.03. The standard InChI is InChI=1S/C17H14F3N5O3S2/c18-17(19,20)12-5-3-11(4-6-12)14(26)23-16-25-24-15(29-16)22-9-10-1-7-13(8-2-10)30(21,27)28/h1-8H,9H2,(H,22,24)(H2,21,27,28)(H,23,25,26). The fraction of sp³-hybridized carbons (Fsp3) is 0.118. The molecule has 0 aliphatic carbocycles. The van der Waals surface area contributed by atoms with Crippen molar-refractivity contribution in [3.05, 3.63) is 65.2 Å². The number of amides is 1. The molecule has 1 aromatic heterocycles. The molecule has 3 rings (SSSR count). The van der Waals surface area contributed by atoms with E-state index in [4.69, 9.17) is 5.14 Å². The average Bonchev–Trinajstić information content (AvgIpc) is 3.13. The molecule has 8 nitrogen and oxygen atoms in total. The molecule has 0 unspecified atom stereocenters. The first-order chi connectivity index (χ1) is 14.0. The van der Waals surface area contributed by atoms with Gasteiger partial charge in [0.1, 0.15) is 0 Å². The van der Waals surface area contributed by atoms with Crippen LogP contribution in [0.3, 0.4) is 0 Å². The third kappa shape index (κ3) is 5.52. The van der Waals surface area contributed by atoms with Gasteiger partial charge < -0.3 is 5.32 Å². The maximum atomic E-state index is 12.6. The maximum absolute atomic E-state index is 12.6. The number of nitrogens with zero attached hydrogens (tertiary/aromatic N) is 2. The summed E-state index contributed by atoms with van der Waals surface area (Å²) in [6, 6.07) is 9.71. The van der Waals surface area contributed by atoms with Crippen LogP contribution in [0.5, 0.6) is 0 Å². The zero-order valence-corrected chi connectivity index (χ0v) is 16.6. The van der Waals surface area contributed by atoms with Crippen molar-refractivity contribution in [2.45, 2.75) is 17.6 Å². The summed E-state index contributed by atoms with van der Waals surface area (Å²) >= 11 is 1.03. The highest BCUT2D eigenvalue weighted by Crippen LogP contribution is 2.29. The quantitative estimate of drug-likeness (QED) is 0.522. The molecule has 0 saturated carbocycles. The van der Waals surface area contributed by atoms with E-state index in [1.165, 1.54) is 12.1 Å². The smallest absolute Gasteiger partial charge is 0.356 e.